The van der Waals surface area contributed by atoms with Gasteiger partial charge in [-0.05, 0) is 6.42 Å². The molecule has 1 aliphatic heterocycles. The fourth-order valence-corrected chi connectivity index (χ4v) is 3.70. The molecule has 0 atom stereocenters. The third-order valence-corrected chi connectivity index (χ3v) is 4.82. The second kappa shape index (κ2) is 3.53. The van der Waals surface area contributed by atoms with Crippen LogP contribution in [0.25, 0.3) is 0 Å². The summed E-state index contributed by atoms with van der Waals surface area (Å²) >= 11 is 2.88. The molecule has 0 unspecified atom stereocenters. The molecule has 5 heteroatoms. The van der Waals surface area contributed by atoms with Crippen molar-refractivity contribution < 1.29 is 8.42 Å². The van der Waals surface area contributed by atoms with E-state index in [4.69, 9.17) is 0 Å². The first-order valence-corrected chi connectivity index (χ1v) is 5.57. The quantitative estimate of drug-likeness (QED) is 0.520. The molecule has 0 radical (unpaired) electrons. The lowest BCUT2D eigenvalue weighted by Crippen LogP contribution is -1.99. The third kappa shape index (κ3) is 2.23. The van der Waals surface area contributed by atoms with Gasteiger partial charge in [0.2, 0.25) is 10.3 Å². The van der Waals surface area contributed by atoms with Crippen LogP contribution in [-0.2, 0) is 10.3 Å². The highest BCUT2D eigenvalue weighted by Gasteiger charge is 2.08. The van der Waals surface area contributed by atoms with Crippen molar-refractivity contribution in [2.75, 3.05) is 11.5 Å². The van der Waals surface area contributed by atoms with Crippen LogP contribution < -0.4 is 0 Å². The zero-order chi connectivity index (χ0) is 6.69. The van der Waals surface area contributed by atoms with Gasteiger partial charge >= 0.3 is 0 Å². The van der Waals surface area contributed by atoms with Gasteiger partial charge in [0, 0.05) is 11.5 Å². The molecule has 1 fully saturated rings. The Hall–Kier alpha value is 0.390. The van der Waals surface area contributed by atoms with Crippen LogP contribution in [0.5, 0.6) is 0 Å². The van der Waals surface area contributed by atoms with E-state index >= 15 is 0 Å². The molecule has 0 aromatic heterocycles. The summed E-state index contributed by atoms with van der Waals surface area (Å²) in [5.74, 6) is 1.91. The highest BCUT2D eigenvalue weighted by atomic mass is 32.2. The van der Waals surface area contributed by atoms with E-state index in [-0.39, 0.29) is 0 Å². The highest BCUT2D eigenvalue weighted by Crippen LogP contribution is 2.23. The average Bonchev–Trinajstić information content (AvgIpc) is 1.90. The third-order valence-electron chi connectivity index (χ3n) is 0.865. The van der Waals surface area contributed by atoms with Gasteiger partial charge < -0.3 is 0 Å². The normalized spacial score (nSPS) is 19.8. The Bertz CT molecular complexity index is 200. The molecule has 0 amide bonds. The van der Waals surface area contributed by atoms with Crippen LogP contribution in [0.2, 0.25) is 0 Å². The second-order valence-electron chi connectivity index (χ2n) is 1.54. The van der Waals surface area contributed by atoms with Crippen LogP contribution in [-0.4, -0.2) is 23.5 Å². The first kappa shape index (κ1) is 7.50. The summed E-state index contributed by atoms with van der Waals surface area (Å²) in [5.41, 5.74) is 0. The summed E-state index contributed by atoms with van der Waals surface area (Å²) in [6.07, 6.45) is 1.12. The summed E-state index contributed by atoms with van der Waals surface area (Å²) in [5, 5.41) is 0. The smallest absolute Gasteiger partial charge is 0.183 e. The van der Waals surface area contributed by atoms with Gasteiger partial charge in [0.25, 0.3) is 0 Å². The molecule has 0 bridgehead atoms. The predicted octanol–water partition coefficient (Wildman–Crippen LogP) is 0.823. The maximum Gasteiger partial charge on any atom is 0.234 e. The van der Waals surface area contributed by atoms with Gasteiger partial charge in [-0.25, -0.2) is 0 Å². The Balaban J connectivity index is 2.72. The Kier molecular flexibility index (Phi) is 2.94. The molecule has 0 spiro atoms. The topological polar surface area (TPSA) is 34.1 Å². The minimum absolute atomic E-state index is 0.557. The van der Waals surface area contributed by atoms with Crippen LogP contribution in [0.1, 0.15) is 6.42 Å². The molecule has 0 aliphatic carbocycles. The molecule has 2 nitrogen and oxygen atoms in total. The standard InChI is InChI=1S/C4H6O2S3/c5-9(6)4-7-2-1-3-8-4/h1-3H2. The summed E-state index contributed by atoms with van der Waals surface area (Å²) < 4.78 is 21.1. The summed E-state index contributed by atoms with van der Waals surface area (Å²) in [4.78, 5) is 0. The molecule has 0 saturated carbocycles. The van der Waals surface area contributed by atoms with E-state index in [0.29, 0.717) is 3.53 Å². The average molecular weight is 182 g/mol. The van der Waals surface area contributed by atoms with Crippen molar-refractivity contribution in [3.8, 4) is 0 Å². The summed E-state index contributed by atoms with van der Waals surface area (Å²) in [6.45, 7) is 0. The molecular weight excluding hydrogens is 176 g/mol. The first-order chi connectivity index (χ1) is 4.30. The zero-order valence-corrected chi connectivity index (χ0v) is 7.11. The Morgan fingerprint density at radius 2 is 1.78 bits per heavy atom. The molecule has 0 aromatic rings. The molecule has 1 heterocycles. The maximum atomic E-state index is 10.3. The van der Waals surface area contributed by atoms with Crippen molar-refractivity contribution in [2.45, 2.75) is 6.42 Å². The largest absolute Gasteiger partial charge is 0.234 e. The molecule has 1 saturated heterocycles. The van der Waals surface area contributed by atoms with Crippen molar-refractivity contribution in [3.05, 3.63) is 0 Å². The van der Waals surface area contributed by atoms with Gasteiger partial charge in [0.15, 0.2) is 3.53 Å². The van der Waals surface area contributed by atoms with Gasteiger partial charge in [-0.15, -0.1) is 23.5 Å². The number of hydrogen-bond acceptors (Lipinski definition) is 4. The van der Waals surface area contributed by atoms with Crippen LogP contribution in [0.15, 0.2) is 0 Å². The van der Waals surface area contributed by atoms with Gasteiger partial charge in [0.05, 0.1) is 0 Å². The Morgan fingerprint density at radius 1 is 1.22 bits per heavy atom. The second-order valence-corrected chi connectivity index (χ2v) is 5.40. The lowest BCUT2D eigenvalue weighted by molar-refractivity contribution is 0.627. The van der Waals surface area contributed by atoms with E-state index in [1.165, 1.54) is 23.5 Å². The zero-order valence-electron chi connectivity index (χ0n) is 4.66. The SMILES string of the molecule is O=S(=O)=C1SCCCS1. The molecule has 52 valence electrons. The number of hydrogen-bond donors (Lipinski definition) is 0. The highest BCUT2D eigenvalue weighted by molar-refractivity contribution is 8.46. The molecule has 0 N–H and O–H groups in total. The van der Waals surface area contributed by atoms with Crippen molar-refractivity contribution in [1.82, 2.24) is 0 Å². The lowest BCUT2D eigenvalue weighted by atomic mass is 10.6. The molecule has 9 heavy (non-hydrogen) atoms. The van der Waals surface area contributed by atoms with Crippen LogP contribution >= 0.6 is 23.5 Å². The molecular formula is C4H6O2S3. The van der Waals surface area contributed by atoms with E-state index in [9.17, 15) is 8.42 Å². The van der Waals surface area contributed by atoms with Gasteiger partial charge in [-0.1, -0.05) is 0 Å². The molecule has 1 aliphatic rings. The maximum absolute atomic E-state index is 10.3. The minimum Gasteiger partial charge on any atom is -0.183 e. The van der Waals surface area contributed by atoms with Crippen molar-refractivity contribution in [1.29, 1.82) is 0 Å². The van der Waals surface area contributed by atoms with Crippen molar-refractivity contribution >= 4 is 37.3 Å². The van der Waals surface area contributed by atoms with Crippen LogP contribution in [0, 0.1) is 0 Å². The Labute approximate surface area is 63.9 Å². The fourth-order valence-electron chi connectivity index (χ4n) is 0.508. The predicted molar refractivity (Wildman–Crippen MR) is 43.5 cm³/mol. The van der Waals surface area contributed by atoms with E-state index in [2.05, 4.69) is 0 Å². The van der Waals surface area contributed by atoms with Gasteiger partial charge in [-0.3, -0.25) is 0 Å². The number of thioether (sulfide) groups is 2. The van der Waals surface area contributed by atoms with Crippen molar-refractivity contribution in [2.24, 2.45) is 0 Å². The van der Waals surface area contributed by atoms with Crippen LogP contribution in [0.3, 0.4) is 0 Å². The summed E-state index contributed by atoms with van der Waals surface area (Å²) in [6, 6.07) is 0. The summed E-state index contributed by atoms with van der Waals surface area (Å²) in [7, 11) is -1.96. The van der Waals surface area contributed by atoms with E-state index in [1.54, 1.807) is 0 Å². The van der Waals surface area contributed by atoms with E-state index < -0.39 is 10.3 Å². The lowest BCUT2D eigenvalue weighted by Gasteiger charge is -2.06. The Morgan fingerprint density at radius 3 is 2.11 bits per heavy atom. The van der Waals surface area contributed by atoms with Crippen molar-refractivity contribution in [3.63, 3.8) is 0 Å². The number of rotatable bonds is 0. The van der Waals surface area contributed by atoms with Crippen LogP contribution in [0.4, 0.5) is 0 Å². The van der Waals surface area contributed by atoms with E-state index in [1.807, 2.05) is 0 Å². The van der Waals surface area contributed by atoms with Gasteiger partial charge in [-0.2, -0.15) is 8.42 Å². The minimum atomic E-state index is -1.96. The fraction of sp³-hybridized carbons (Fsp3) is 0.750. The molecule has 0 aromatic carbocycles. The monoisotopic (exact) mass is 182 g/mol. The van der Waals surface area contributed by atoms with E-state index in [0.717, 1.165) is 17.9 Å². The molecule has 1 rings (SSSR count). The first-order valence-electron chi connectivity index (χ1n) is 2.52. The van der Waals surface area contributed by atoms with Gasteiger partial charge in [0.1, 0.15) is 0 Å².